The number of hydrogen-bond donors (Lipinski definition) is 1. The van der Waals surface area contributed by atoms with Crippen molar-refractivity contribution >= 4 is 51.5 Å². The van der Waals surface area contributed by atoms with Gasteiger partial charge in [0.15, 0.2) is 21.8 Å². The minimum absolute atomic E-state index is 0.191. The number of carbonyl (C=O) groups is 1. The highest BCUT2D eigenvalue weighted by atomic mass is 35.5. The van der Waals surface area contributed by atoms with Crippen molar-refractivity contribution in [1.29, 1.82) is 0 Å². The molecule has 1 N–H and O–H groups in total. The van der Waals surface area contributed by atoms with Crippen LogP contribution < -0.4 is 5.43 Å². The highest BCUT2D eigenvalue weighted by molar-refractivity contribution is 8.15. The largest absolute Gasteiger partial charge is 0.297 e. The Morgan fingerprint density at radius 3 is 2.36 bits per heavy atom. The molecule has 0 aliphatic carbocycles. The number of hydrazone groups is 1. The van der Waals surface area contributed by atoms with Crippen molar-refractivity contribution in [2.45, 2.75) is 18.6 Å². The molecule has 4 aromatic rings. The second-order valence-corrected chi connectivity index (χ2v) is 8.85. The Hall–Kier alpha value is -3.13. The summed E-state index contributed by atoms with van der Waals surface area (Å²) in [6.45, 7) is 1.95. The van der Waals surface area contributed by atoms with Crippen molar-refractivity contribution in [2.75, 3.05) is 5.43 Å². The second-order valence-electron chi connectivity index (χ2n) is 7.06. The molecule has 166 valence electrons. The number of nitrogens with one attached hydrogen (secondary N) is 1. The molecule has 0 saturated heterocycles. The number of benzene rings is 3. The Labute approximate surface area is 205 Å². The van der Waals surface area contributed by atoms with Crippen molar-refractivity contribution in [3.8, 4) is 11.4 Å². The van der Waals surface area contributed by atoms with E-state index in [2.05, 4.69) is 20.7 Å². The van der Waals surface area contributed by atoms with Crippen LogP contribution in [0, 0.1) is 0 Å². The van der Waals surface area contributed by atoms with Gasteiger partial charge in [0, 0.05) is 17.5 Å². The van der Waals surface area contributed by atoms with Crippen LogP contribution in [0.3, 0.4) is 0 Å². The maximum atomic E-state index is 12.3. The van der Waals surface area contributed by atoms with Crippen LogP contribution in [0.1, 0.15) is 12.5 Å². The van der Waals surface area contributed by atoms with Gasteiger partial charge < -0.3 is 0 Å². The van der Waals surface area contributed by atoms with E-state index in [9.17, 15) is 4.79 Å². The lowest BCUT2D eigenvalue weighted by atomic mass is 10.2. The van der Waals surface area contributed by atoms with E-state index < -0.39 is 0 Å². The number of Topliss-reactive ketones (excluding diaryl/α,β-unsaturated/α-hetero) is 1. The van der Waals surface area contributed by atoms with Gasteiger partial charge >= 0.3 is 0 Å². The first kappa shape index (κ1) is 23.0. The van der Waals surface area contributed by atoms with Crippen LogP contribution in [0.5, 0.6) is 0 Å². The van der Waals surface area contributed by atoms with E-state index in [-0.39, 0.29) is 10.8 Å². The molecule has 0 aliphatic rings. The zero-order valence-corrected chi connectivity index (χ0v) is 19.9. The Balaban J connectivity index is 1.72. The number of ketones is 1. The first-order chi connectivity index (χ1) is 16.0. The van der Waals surface area contributed by atoms with Crippen LogP contribution in [0.15, 0.2) is 89.1 Å². The number of thioether (sulfide) groups is 1. The fourth-order valence-corrected chi connectivity index (χ4v) is 4.27. The van der Waals surface area contributed by atoms with Gasteiger partial charge in [0.25, 0.3) is 0 Å². The lowest BCUT2D eigenvalue weighted by Crippen LogP contribution is -2.11. The van der Waals surface area contributed by atoms with E-state index >= 15 is 0 Å². The number of hydrogen-bond acceptors (Lipinski definition) is 6. The lowest BCUT2D eigenvalue weighted by Gasteiger charge is -2.12. The predicted molar refractivity (Wildman–Crippen MR) is 135 cm³/mol. The zero-order valence-electron chi connectivity index (χ0n) is 17.6. The molecule has 0 bridgehead atoms. The van der Waals surface area contributed by atoms with Gasteiger partial charge in [0.1, 0.15) is 0 Å². The lowest BCUT2D eigenvalue weighted by molar-refractivity contribution is -0.110. The Kier molecular flexibility index (Phi) is 7.44. The third kappa shape index (κ3) is 5.82. The summed E-state index contributed by atoms with van der Waals surface area (Å²) >= 11 is 13.7. The molecule has 0 saturated carbocycles. The standard InChI is InChI=1S/C24H19Cl2N5OS/c1-16(32)23(29-27-19-10-6-3-7-11-19)33-24-30-28-22(20-13-12-18(25)14-21(20)26)31(24)15-17-8-4-2-5-9-17/h2-14,27H,15H2,1H3. The Bertz CT molecular complexity index is 1290. The minimum Gasteiger partial charge on any atom is -0.297 e. The average Bonchev–Trinajstić information content (AvgIpc) is 3.19. The molecule has 0 fully saturated rings. The van der Waals surface area contributed by atoms with Gasteiger partial charge in [-0.3, -0.25) is 14.8 Å². The summed E-state index contributed by atoms with van der Waals surface area (Å²) in [7, 11) is 0. The van der Waals surface area contributed by atoms with Crippen LogP contribution >= 0.6 is 35.0 Å². The molecule has 4 rings (SSSR count). The molecule has 9 heteroatoms. The number of rotatable bonds is 7. The van der Waals surface area contributed by atoms with Crippen molar-refractivity contribution in [1.82, 2.24) is 14.8 Å². The molecule has 33 heavy (non-hydrogen) atoms. The molecule has 0 atom stereocenters. The Morgan fingerprint density at radius 2 is 1.70 bits per heavy atom. The molecular weight excluding hydrogens is 477 g/mol. The second kappa shape index (κ2) is 10.7. The number of aromatic nitrogens is 3. The van der Waals surface area contributed by atoms with Crippen LogP contribution in [-0.2, 0) is 11.3 Å². The van der Waals surface area contributed by atoms with Crippen molar-refractivity contribution in [2.24, 2.45) is 5.10 Å². The maximum absolute atomic E-state index is 12.3. The summed E-state index contributed by atoms with van der Waals surface area (Å²) in [5.41, 5.74) is 5.44. The van der Waals surface area contributed by atoms with E-state index in [1.54, 1.807) is 12.1 Å². The summed E-state index contributed by atoms with van der Waals surface area (Å²) in [6, 6.07) is 24.6. The predicted octanol–water partition coefficient (Wildman–Crippen LogP) is 6.41. The maximum Gasteiger partial charge on any atom is 0.198 e. The summed E-state index contributed by atoms with van der Waals surface area (Å²) in [5.74, 6) is 0.380. The van der Waals surface area contributed by atoms with Gasteiger partial charge in [-0.15, -0.1) is 10.2 Å². The van der Waals surface area contributed by atoms with Gasteiger partial charge in [-0.05, 0) is 47.7 Å². The van der Waals surface area contributed by atoms with Crippen LogP contribution in [-0.4, -0.2) is 25.6 Å². The zero-order chi connectivity index (χ0) is 23.2. The third-order valence-electron chi connectivity index (χ3n) is 4.62. The van der Waals surface area contributed by atoms with E-state index in [0.717, 1.165) is 23.0 Å². The molecule has 0 aliphatic heterocycles. The summed E-state index contributed by atoms with van der Waals surface area (Å²) < 4.78 is 1.91. The number of halogens is 2. The van der Waals surface area contributed by atoms with Crippen LogP contribution in [0.25, 0.3) is 11.4 Å². The SMILES string of the molecule is CC(=O)C(=NNc1ccccc1)Sc1nnc(-c2ccc(Cl)cc2Cl)n1Cc1ccccc1. The Morgan fingerprint density at radius 1 is 1.00 bits per heavy atom. The molecule has 1 aromatic heterocycles. The van der Waals surface area contributed by atoms with Crippen molar-refractivity contribution in [3.63, 3.8) is 0 Å². The molecular formula is C24H19Cl2N5OS. The van der Waals surface area contributed by atoms with Gasteiger partial charge in [0.2, 0.25) is 0 Å². The molecule has 0 amide bonds. The van der Waals surface area contributed by atoms with Crippen molar-refractivity contribution < 1.29 is 4.79 Å². The molecule has 0 spiro atoms. The van der Waals surface area contributed by atoms with Crippen molar-refractivity contribution in [3.05, 3.63) is 94.5 Å². The van der Waals surface area contributed by atoms with Gasteiger partial charge in [-0.1, -0.05) is 71.7 Å². The molecule has 0 radical (unpaired) electrons. The minimum atomic E-state index is -0.191. The van der Waals surface area contributed by atoms with Gasteiger partial charge in [0.05, 0.1) is 17.3 Å². The normalized spacial score (nSPS) is 11.4. The highest BCUT2D eigenvalue weighted by Gasteiger charge is 2.20. The molecule has 1 heterocycles. The monoisotopic (exact) mass is 495 g/mol. The first-order valence-corrected chi connectivity index (χ1v) is 11.6. The van der Waals surface area contributed by atoms with E-state index in [0.29, 0.717) is 33.1 Å². The summed E-state index contributed by atoms with van der Waals surface area (Å²) in [4.78, 5) is 12.3. The smallest absolute Gasteiger partial charge is 0.198 e. The number of para-hydroxylation sites is 1. The van der Waals surface area contributed by atoms with E-state index in [1.165, 1.54) is 6.92 Å². The molecule has 3 aromatic carbocycles. The van der Waals surface area contributed by atoms with Gasteiger partial charge in [-0.2, -0.15) is 5.10 Å². The summed E-state index contributed by atoms with van der Waals surface area (Å²) in [5, 5.41) is 14.8. The number of carbonyl (C=O) groups excluding carboxylic acids is 1. The van der Waals surface area contributed by atoms with Crippen LogP contribution in [0.2, 0.25) is 10.0 Å². The summed E-state index contributed by atoms with van der Waals surface area (Å²) in [6.07, 6.45) is 0. The van der Waals surface area contributed by atoms with E-state index in [4.69, 9.17) is 23.2 Å². The number of anilines is 1. The van der Waals surface area contributed by atoms with Crippen LogP contribution in [0.4, 0.5) is 5.69 Å². The quantitative estimate of drug-likeness (QED) is 0.139. The average molecular weight is 496 g/mol. The number of nitrogens with zero attached hydrogens (tertiary/aromatic N) is 4. The first-order valence-electron chi connectivity index (χ1n) is 10.0. The topological polar surface area (TPSA) is 72.2 Å². The molecule has 6 nitrogen and oxygen atoms in total. The molecule has 0 unspecified atom stereocenters. The highest BCUT2D eigenvalue weighted by Crippen LogP contribution is 2.32. The third-order valence-corrected chi connectivity index (χ3v) is 6.23. The fraction of sp³-hybridized carbons (Fsp3) is 0.0833. The van der Waals surface area contributed by atoms with E-state index in [1.807, 2.05) is 71.3 Å². The fourth-order valence-electron chi connectivity index (χ4n) is 3.03. The van der Waals surface area contributed by atoms with Gasteiger partial charge in [-0.25, -0.2) is 0 Å².